The van der Waals surface area contributed by atoms with Gasteiger partial charge < -0.3 is 10.0 Å². The number of nitrogens with zero attached hydrogens (tertiary/aromatic N) is 1. The number of carboxylic acid groups (broad SMARTS) is 1. The van der Waals surface area contributed by atoms with Crippen LogP contribution in [-0.4, -0.2) is 35.0 Å². The van der Waals surface area contributed by atoms with E-state index < -0.39 is 11.8 Å². The molecule has 2 fully saturated rings. The molecule has 1 unspecified atom stereocenters. The lowest BCUT2D eigenvalue weighted by Crippen LogP contribution is -2.40. The first-order valence-electron chi connectivity index (χ1n) is 7.38. The van der Waals surface area contributed by atoms with E-state index in [1.807, 2.05) is 4.90 Å². The molecule has 0 aromatic heterocycles. The van der Waals surface area contributed by atoms with Crippen LogP contribution in [0.5, 0.6) is 0 Å². The van der Waals surface area contributed by atoms with Gasteiger partial charge in [0.25, 0.3) is 0 Å². The van der Waals surface area contributed by atoms with Crippen LogP contribution in [0.1, 0.15) is 47.5 Å². The third-order valence-corrected chi connectivity index (χ3v) is 4.35. The van der Waals surface area contributed by atoms with E-state index in [0.29, 0.717) is 6.54 Å². The SMILES string of the molecule is O=C(O)c1cc(C2CCCN(C(=O)C3CC3)C2)ccc1F. The van der Waals surface area contributed by atoms with Crippen LogP contribution in [0.25, 0.3) is 0 Å². The molecule has 1 amide bonds. The number of rotatable bonds is 3. The summed E-state index contributed by atoms with van der Waals surface area (Å²) in [5.41, 5.74) is 0.514. The minimum absolute atomic E-state index is 0.0974. The van der Waals surface area contributed by atoms with Crippen LogP contribution in [0.3, 0.4) is 0 Å². The molecule has 5 heteroatoms. The zero-order valence-electron chi connectivity index (χ0n) is 11.7. The molecule has 0 bridgehead atoms. The molecule has 21 heavy (non-hydrogen) atoms. The van der Waals surface area contributed by atoms with Crippen molar-refractivity contribution in [2.45, 2.75) is 31.6 Å². The number of amides is 1. The van der Waals surface area contributed by atoms with Crippen LogP contribution in [0.4, 0.5) is 4.39 Å². The topological polar surface area (TPSA) is 57.6 Å². The molecule has 112 valence electrons. The number of hydrogen-bond acceptors (Lipinski definition) is 2. The molecular formula is C16H18FNO3. The Kier molecular flexibility index (Phi) is 3.66. The Bertz CT molecular complexity index is 583. The number of aromatic carboxylic acids is 1. The second-order valence-corrected chi connectivity index (χ2v) is 5.94. The third-order valence-electron chi connectivity index (χ3n) is 4.35. The minimum Gasteiger partial charge on any atom is -0.478 e. The van der Waals surface area contributed by atoms with Crippen molar-refractivity contribution in [2.75, 3.05) is 13.1 Å². The molecule has 1 atom stereocenters. The zero-order chi connectivity index (χ0) is 15.0. The van der Waals surface area contributed by atoms with Gasteiger partial charge in [-0.25, -0.2) is 9.18 Å². The number of carbonyl (C=O) groups is 2. The number of hydrogen-bond donors (Lipinski definition) is 1. The molecule has 2 aliphatic rings. The lowest BCUT2D eigenvalue weighted by Gasteiger charge is -2.33. The highest BCUT2D eigenvalue weighted by atomic mass is 19.1. The summed E-state index contributed by atoms with van der Waals surface area (Å²) in [6.07, 6.45) is 3.78. The van der Waals surface area contributed by atoms with Gasteiger partial charge in [0, 0.05) is 24.9 Å². The average molecular weight is 291 g/mol. The van der Waals surface area contributed by atoms with Crippen LogP contribution in [-0.2, 0) is 4.79 Å². The molecule has 1 aliphatic heterocycles. The van der Waals surface area contributed by atoms with Gasteiger partial charge in [-0.3, -0.25) is 4.79 Å². The Hall–Kier alpha value is -1.91. The first-order valence-corrected chi connectivity index (χ1v) is 7.38. The van der Waals surface area contributed by atoms with E-state index in [4.69, 9.17) is 5.11 Å². The number of likely N-dealkylation sites (tertiary alicyclic amines) is 1. The number of halogens is 1. The van der Waals surface area contributed by atoms with E-state index >= 15 is 0 Å². The average Bonchev–Trinajstić information content (AvgIpc) is 3.31. The fourth-order valence-corrected chi connectivity index (χ4v) is 3.00. The number of benzene rings is 1. The summed E-state index contributed by atoms with van der Waals surface area (Å²) in [7, 11) is 0. The Morgan fingerprint density at radius 3 is 2.67 bits per heavy atom. The number of piperidine rings is 1. The van der Waals surface area contributed by atoms with Crippen LogP contribution >= 0.6 is 0 Å². The molecule has 3 rings (SSSR count). The molecule has 1 N–H and O–H groups in total. The van der Waals surface area contributed by atoms with Crippen molar-refractivity contribution in [1.82, 2.24) is 4.90 Å². The first-order chi connectivity index (χ1) is 10.1. The van der Waals surface area contributed by atoms with Crippen molar-refractivity contribution in [3.8, 4) is 0 Å². The smallest absolute Gasteiger partial charge is 0.338 e. The van der Waals surface area contributed by atoms with Crippen molar-refractivity contribution < 1.29 is 19.1 Å². The summed E-state index contributed by atoms with van der Waals surface area (Å²) in [4.78, 5) is 25.0. The molecule has 1 aliphatic carbocycles. The second-order valence-electron chi connectivity index (χ2n) is 5.94. The van der Waals surface area contributed by atoms with Crippen molar-refractivity contribution in [3.63, 3.8) is 0 Å². The van der Waals surface area contributed by atoms with Gasteiger partial charge in [-0.1, -0.05) is 6.07 Å². The monoisotopic (exact) mass is 291 g/mol. The van der Waals surface area contributed by atoms with E-state index in [9.17, 15) is 14.0 Å². The lowest BCUT2D eigenvalue weighted by molar-refractivity contribution is -0.133. The van der Waals surface area contributed by atoms with Crippen LogP contribution in [0.2, 0.25) is 0 Å². The van der Waals surface area contributed by atoms with Gasteiger partial charge in [0.05, 0.1) is 5.56 Å². The quantitative estimate of drug-likeness (QED) is 0.931. The summed E-state index contributed by atoms with van der Waals surface area (Å²) < 4.78 is 13.5. The zero-order valence-corrected chi connectivity index (χ0v) is 11.7. The number of carboxylic acids is 1. The molecule has 1 saturated heterocycles. The Morgan fingerprint density at radius 2 is 2.00 bits per heavy atom. The maximum atomic E-state index is 13.5. The highest BCUT2D eigenvalue weighted by molar-refractivity contribution is 5.88. The van der Waals surface area contributed by atoms with Crippen molar-refractivity contribution in [1.29, 1.82) is 0 Å². The minimum atomic E-state index is -1.25. The Balaban J connectivity index is 1.78. The molecular weight excluding hydrogens is 273 g/mol. The Labute approximate surface area is 122 Å². The summed E-state index contributed by atoms with van der Waals surface area (Å²) in [6, 6.07) is 4.26. The standard InChI is InChI=1S/C16H18FNO3/c17-14-6-5-11(8-13(14)16(20)21)12-2-1-7-18(9-12)15(19)10-3-4-10/h5-6,8,10,12H,1-4,7,9H2,(H,20,21). The lowest BCUT2D eigenvalue weighted by atomic mass is 9.89. The van der Waals surface area contributed by atoms with E-state index in [1.165, 1.54) is 12.1 Å². The van der Waals surface area contributed by atoms with E-state index in [-0.39, 0.29) is 23.3 Å². The highest BCUT2D eigenvalue weighted by Gasteiger charge is 2.35. The van der Waals surface area contributed by atoms with Gasteiger partial charge >= 0.3 is 5.97 Å². The predicted octanol–water partition coefficient (Wildman–Crippen LogP) is 2.64. The van der Waals surface area contributed by atoms with Gasteiger partial charge in [-0.2, -0.15) is 0 Å². The fraction of sp³-hybridized carbons (Fsp3) is 0.500. The van der Waals surface area contributed by atoms with Gasteiger partial charge in [-0.05, 0) is 43.4 Å². The highest BCUT2D eigenvalue weighted by Crippen LogP contribution is 2.34. The van der Waals surface area contributed by atoms with Gasteiger partial charge in [0.2, 0.25) is 5.91 Å². The van der Waals surface area contributed by atoms with E-state index in [1.54, 1.807) is 6.07 Å². The van der Waals surface area contributed by atoms with Crippen molar-refractivity contribution >= 4 is 11.9 Å². The summed E-state index contributed by atoms with van der Waals surface area (Å²) in [6.45, 7) is 1.39. The summed E-state index contributed by atoms with van der Waals surface area (Å²) in [5.74, 6) is -1.45. The molecule has 0 spiro atoms. The van der Waals surface area contributed by atoms with Gasteiger partial charge in [-0.15, -0.1) is 0 Å². The molecule has 1 aromatic rings. The van der Waals surface area contributed by atoms with Crippen LogP contribution in [0, 0.1) is 11.7 Å². The summed E-state index contributed by atoms with van der Waals surface area (Å²) >= 11 is 0. The summed E-state index contributed by atoms with van der Waals surface area (Å²) in [5, 5.41) is 9.01. The van der Waals surface area contributed by atoms with Gasteiger partial charge in [0.1, 0.15) is 5.82 Å². The molecule has 0 radical (unpaired) electrons. The maximum Gasteiger partial charge on any atom is 0.338 e. The van der Waals surface area contributed by atoms with E-state index in [0.717, 1.165) is 37.8 Å². The second kappa shape index (κ2) is 5.47. The fourth-order valence-electron chi connectivity index (χ4n) is 3.00. The van der Waals surface area contributed by atoms with Crippen LogP contribution < -0.4 is 0 Å². The van der Waals surface area contributed by atoms with Gasteiger partial charge in [0.15, 0.2) is 0 Å². The Morgan fingerprint density at radius 1 is 1.24 bits per heavy atom. The molecule has 1 heterocycles. The normalized spacial score (nSPS) is 22.1. The predicted molar refractivity (Wildman–Crippen MR) is 74.6 cm³/mol. The van der Waals surface area contributed by atoms with E-state index in [2.05, 4.69) is 0 Å². The van der Waals surface area contributed by atoms with Crippen LogP contribution in [0.15, 0.2) is 18.2 Å². The largest absolute Gasteiger partial charge is 0.478 e. The van der Waals surface area contributed by atoms with Crippen molar-refractivity contribution in [2.24, 2.45) is 5.92 Å². The third kappa shape index (κ3) is 2.91. The maximum absolute atomic E-state index is 13.5. The number of carbonyl (C=O) groups excluding carboxylic acids is 1. The molecule has 4 nitrogen and oxygen atoms in total. The first kappa shape index (κ1) is 14.0. The molecule has 1 aromatic carbocycles. The van der Waals surface area contributed by atoms with Crippen molar-refractivity contribution in [3.05, 3.63) is 35.1 Å². The molecule has 1 saturated carbocycles.